The summed E-state index contributed by atoms with van der Waals surface area (Å²) < 4.78 is 36.3. The molecule has 0 saturated heterocycles. The average Bonchev–Trinajstić information content (AvgIpc) is 2.29. The van der Waals surface area contributed by atoms with Crippen molar-refractivity contribution in [2.75, 3.05) is 0 Å². The number of nitrogens with one attached hydrogen (secondary N) is 1. The molecule has 0 saturated carbocycles. The van der Waals surface area contributed by atoms with Gasteiger partial charge in [-0.3, -0.25) is 0 Å². The lowest BCUT2D eigenvalue weighted by molar-refractivity contribution is -0.827. The minimum Gasteiger partial charge on any atom is -0.312 e. The number of alkyl halides is 3. The number of hydrogen-bond donors (Lipinski definition) is 1. The molecule has 1 aliphatic heterocycles. The molecule has 0 radical (unpaired) electrons. The maximum Gasteiger partial charge on any atom is 0.456 e. The van der Waals surface area contributed by atoms with Crippen LogP contribution in [0.4, 0.5) is 13.2 Å². The summed E-state index contributed by atoms with van der Waals surface area (Å²) in [7, 11) is 3.08. The molecule has 64 valence electrons. The Morgan fingerprint density at radius 1 is 1.58 bits per heavy atom. The molecular formula is C6H4F3N3. The standard InChI is InChI=1S/C6H4F3N3/c1-10-4-3-11-12(2)5(4)6(7,8)9/h3,12H,2H2. The molecule has 0 aromatic heterocycles. The molecule has 0 aromatic rings. The lowest BCUT2D eigenvalue weighted by atomic mass is 10.3. The van der Waals surface area contributed by atoms with Crippen molar-refractivity contribution in [3.05, 3.63) is 29.9 Å². The predicted molar refractivity (Wildman–Crippen MR) is 34.5 cm³/mol. The zero-order chi connectivity index (χ0) is 9.35. The summed E-state index contributed by atoms with van der Waals surface area (Å²) in [6, 6.07) is 0. The van der Waals surface area contributed by atoms with E-state index in [0.29, 0.717) is 0 Å². The molecule has 6 heteroatoms. The molecular weight excluding hydrogens is 171 g/mol. The molecule has 1 heterocycles. The van der Waals surface area contributed by atoms with E-state index in [1.165, 1.54) is 0 Å². The Balaban J connectivity index is 3.12. The van der Waals surface area contributed by atoms with E-state index in [4.69, 9.17) is 6.57 Å². The summed E-state index contributed by atoms with van der Waals surface area (Å²) in [5.74, 6) is 0. The van der Waals surface area contributed by atoms with Crippen LogP contribution in [0.5, 0.6) is 0 Å². The van der Waals surface area contributed by atoms with Gasteiger partial charge in [0.1, 0.15) is 0 Å². The molecule has 0 amide bonds. The maximum absolute atomic E-state index is 12.1. The van der Waals surface area contributed by atoms with Gasteiger partial charge in [0.15, 0.2) is 0 Å². The summed E-state index contributed by atoms with van der Waals surface area (Å²) >= 11 is 0. The molecule has 1 aliphatic rings. The fourth-order valence-electron chi connectivity index (χ4n) is 0.810. The number of halogens is 3. The first kappa shape index (κ1) is 8.74. The van der Waals surface area contributed by atoms with Crippen LogP contribution in [0.2, 0.25) is 0 Å². The largest absolute Gasteiger partial charge is 0.456 e. The first-order valence-electron chi connectivity index (χ1n) is 2.89. The van der Waals surface area contributed by atoms with Gasteiger partial charge in [0.05, 0.1) is 12.8 Å². The van der Waals surface area contributed by atoms with E-state index in [2.05, 4.69) is 17.0 Å². The molecule has 1 atom stereocenters. The van der Waals surface area contributed by atoms with E-state index in [1.807, 2.05) is 0 Å². The van der Waals surface area contributed by atoms with Gasteiger partial charge in [-0.05, 0) is 0 Å². The molecule has 12 heavy (non-hydrogen) atoms. The van der Waals surface area contributed by atoms with Gasteiger partial charge in [-0.15, -0.1) is 12.1 Å². The highest BCUT2D eigenvalue weighted by Crippen LogP contribution is 2.25. The van der Waals surface area contributed by atoms with E-state index in [9.17, 15) is 13.2 Å². The topological polar surface area (TPSA) is 21.2 Å². The Morgan fingerprint density at radius 3 is 2.50 bits per heavy atom. The third-order valence-corrected chi connectivity index (χ3v) is 1.29. The highest BCUT2D eigenvalue weighted by molar-refractivity contribution is 5.82. The van der Waals surface area contributed by atoms with Crippen LogP contribution in [-0.4, -0.2) is 12.4 Å². The lowest BCUT2D eigenvalue weighted by Gasteiger charge is -2.15. The minimum atomic E-state index is -4.53. The maximum atomic E-state index is 12.1. The zero-order valence-corrected chi connectivity index (χ0v) is 5.81. The SMILES string of the molecule is [C-]#[N+]C1=C(C(F)(F)F)[NH+]([CH2-])N=C1. The van der Waals surface area contributed by atoms with E-state index in [0.717, 1.165) is 6.21 Å². The molecule has 0 fully saturated rings. The van der Waals surface area contributed by atoms with Crippen LogP contribution in [0.3, 0.4) is 0 Å². The fourth-order valence-corrected chi connectivity index (χ4v) is 0.810. The Labute approximate surface area is 66.6 Å². The minimum absolute atomic E-state index is 0.395. The Kier molecular flexibility index (Phi) is 1.90. The molecule has 0 aromatic carbocycles. The second-order valence-corrected chi connectivity index (χ2v) is 2.07. The molecule has 1 rings (SSSR count). The molecule has 3 nitrogen and oxygen atoms in total. The van der Waals surface area contributed by atoms with Crippen LogP contribution >= 0.6 is 0 Å². The number of allylic oxidation sites excluding steroid dienone is 2. The van der Waals surface area contributed by atoms with E-state index < -0.39 is 22.6 Å². The lowest BCUT2D eigenvalue weighted by Crippen LogP contribution is -3.00. The summed E-state index contributed by atoms with van der Waals surface area (Å²) in [4.78, 5) is 2.69. The predicted octanol–water partition coefficient (Wildman–Crippen LogP) is 0.355. The first-order valence-corrected chi connectivity index (χ1v) is 2.89. The Morgan fingerprint density at radius 2 is 2.17 bits per heavy atom. The summed E-state index contributed by atoms with van der Waals surface area (Å²) in [6.07, 6.45) is -3.66. The third-order valence-electron chi connectivity index (χ3n) is 1.29. The molecule has 0 bridgehead atoms. The van der Waals surface area contributed by atoms with Gasteiger partial charge in [-0.2, -0.15) is 13.2 Å². The average molecular weight is 175 g/mol. The summed E-state index contributed by atoms with van der Waals surface area (Å²) in [5.41, 5.74) is -1.52. The van der Waals surface area contributed by atoms with Crippen molar-refractivity contribution in [1.29, 1.82) is 0 Å². The first-order chi connectivity index (χ1) is 5.46. The van der Waals surface area contributed by atoms with Gasteiger partial charge in [-0.25, -0.2) is 4.85 Å². The van der Waals surface area contributed by atoms with E-state index >= 15 is 0 Å². The van der Waals surface area contributed by atoms with Gasteiger partial charge in [0.25, 0.3) is 5.70 Å². The zero-order valence-electron chi connectivity index (χ0n) is 5.81. The van der Waals surface area contributed by atoms with Crippen LogP contribution in [0, 0.1) is 13.6 Å². The highest BCUT2D eigenvalue weighted by atomic mass is 19.4. The third kappa shape index (κ3) is 1.31. The monoisotopic (exact) mass is 175 g/mol. The second-order valence-electron chi connectivity index (χ2n) is 2.07. The smallest absolute Gasteiger partial charge is 0.312 e. The quantitative estimate of drug-likeness (QED) is 0.513. The Bertz CT molecular complexity index is 294. The van der Waals surface area contributed by atoms with Crippen LogP contribution in [0.15, 0.2) is 16.5 Å². The normalized spacial score (nSPS) is 23.1. The van der Waals surface area contributed by atoms with Crippen molar-refractivity contribution >= 4 is 6.21 Å². The van der Waals surface area contributed by atoms with Crippen LogP contribution < -0.4 is 5.01 Å². The van der Waals surface area contributed by atoms with Crippen LogP contribution in [-0.2, 0) is 0 Å². The van der Waals surface area contributed by atoms with Crippen molar-refractivity contribution in [3.8, 4) is 0 Å². The fraction of sp³-hybridized carbons (Fsp3) is 0.167. The summed E-state index contributed by atoms with van der Waals surface area (Å²) in [6.45, 7) is 6.44. The van der Waals surface area contributed by atoms with E-state index in [-0.39, 0.29) is 0 Å². The molecule has 1 unspecified atom stereocenters. The molecule has 0 spiro atoms. The number of quaternary nitrogens is 1. The van der Waals surface area contributed by atoms with Gasteiger partial charge in [0.2, 0.25) is 5.70 Å². The number of rotatable bonds is 0. The van der Waals surface area contributed by atoms with Gasteiger partial charge in [0, 0.05) is 0 Å². The van der Waals surface area contributed by atoms with E-state index in [1.54, 1.807) is 0 Å². The van der Waals surface area contributed by atoms with Gasteiger partial charge < -0.3 is 5.01 Å². The highest BCUT2D eigenvalue weighted by Gasteiger charge is 2.44. The van der Waals surface area contributed by atoms with Gasteiger partial charge >= 0.3 is 6.18 Å². The van der Waals surface area contributed by atoms with Crippen molar-refractivity contribution < 1.29 is 18.2 Å². The van der Waals surface area contributed by atoms with Crippen molar-refractivity contribution in [3.63, 3.8) is 0 Å². The second kappa shape index (κ2) is 2.60. The molecule has 0 aliphatic carbocycles. The number of nitrogens with zero attached hydrogens (tertiary/aromatic N) is 2. The summed E-state index contributed by atoms with van der Waals surface area (Å²) in [5, 5.41) is 2.91. The molecule has 1 N–H and O–H groups in total. The van der Waals surface area contributed by atoms with Gasteiger partial charge in [-0.1, -0.05) is 0 Å². The number of hydrogen-bond acceptors (Lipinski definition) is 1. The Hall–Kier alpha value is -1.35. The van der Waals surface area contributed by atoms with Crippen molar-refractivity contribution in [2.45, 2.75) is 6.18 Å². The van der Waals surface area contributed by atoms with Crippen LogP contribution in [0.25, 0.3) is 4.85 Å². The van der Waals surface area contributed by atoms with Crippen molar-refractivity contribution in [1.82, 2.24) is 0 Å². The van der Waals surface area contributed by atoms with Crippen LogP contribution in [0.1, 0.15) is 0 Å². The van der Waals surface area contributed by atoms with Crippen molar-refractivity contribution in [2.24, 2.45) is 5.10 Å².